The minimum atomic E-state index is -0.0100. The van der Waals surface area contributed by atoms with Crippen LogP contribution in [0.4, 0.5) is 0 Å². The number of nitrogens with zero attached hydrogens (tertiary/aromatic N) is 3. The highest BCUT2D eigenvalue weighted by molar-refractivity contribution is 7.99. The Balaban J connectivity index is 2.19. The molecule has 0 saturated carbocycles. The molecule has 0 saturated heterocycles. The molecule has 0 aliphatic heterocycles. The SMILES string of the molecule is CS[C@H](C)C(=O)N(C)Cc1cccc(-n2nc(C)cc2C)c1. The van der Waals surface area contributed by atoms with E-state index in [0.717, 1.165) is 22.6 Å². The molecule has 1 aromatic heterocycles. The molecule has 0 aliphatic carbocycles. The lowest BCUT2D eigenvalue weighted by atomic mass is 10.2. The van der Waals surface area contributed by atoms with Gasteiger partial charge in [0, 0.05) is 19.3 Å². The van der Waals surface area contributed by atoms with Gasteiger partial charge in [0.25, 0.3) is 0 Å². The summed E-state index contributed by atoms with van der Waals surface area (Å²) in [7, 11) is 1.85. The number of aryl methyl sites for hydroxylation is 2. The molecule has 4 nitrogen and oxygen atoms in total. The summed E-state index contributed by atoms with van der Waals surface area (Å²) in [4.78, 5) is 14.0. The molecule has 2 rings (SSSR count). The largest absolute Gasteiger partial charge is 0.340 e. The van der Waals surface area contributed by atoms with Gasteiger partial charge in [-0.05, 0) is 50.8 Å². The fourth-order valence-corrected chi connectivity index (χ4v) is 2.82. The summed E-state index contributed by atoms with van der Waals surface area (Å²) >= 11 is 1.57. The first-order valence-corrected chi connectivity index (χ1v) is 8.61. The van der Waals surface area contributed by atoms with E-state index in [4.69, 9.17) is 0 Å². The van der Waals surface area contributed by atoms with Crippen molar-refractivity contribution in [3.8, 4) is 5.69 Å². The fourth-order valence-electron chi connectivity index (χ4n) is 2.44. The highest BCUT2D eigenvalue weighted by atomic mass is 32.2. The molecule has 0 aliphatic rings. The lowest BCUT2D eigenvalue weighted by molar-refractivity contribution is -0.129. The number of thioether (sulfide) groups is 1. The van der Waals surface area contributed by atoms with Crippen molar-refractivity contribution in [2.24, 2.45) is 0 Å². The zero-order chi connectivity index (χ0) is 16.3. The quantitative estimate of drug-likeness (QED) is 0.850. The van der Waals surface area contributed by atoms with Crippen LogP contribution in [0.5, 0.6) is 0 Å². The fraction of sp³-hybridized carbons (Fsp3) is 0.412. The maximum Gasteiger partial charge on any atom is 0.235 e. The number of rotatable bonds is 5. The van der Waals surface area contributed by atoms with Crippen molar-refractivity contribution < 1.29 is 4.79 Å². The zero-order valence-electron chi connectivity index (χ0n) is 13.8. The third-order valence-corrected chi connectivity index (χ3v) is 4.57. The Kier molecular flexibility index (Phi) is 5.29. The Hall–Kier alpha value is -1.75. The Morgan fingerprint density at radius 2 is 2.09 bits per heavy atom. The van der Waals surface area contributed by atoms with Crippen LogP contribution in [-0.2, 0) is 11.3 Å². The average Bonchev–Trinajstić information content (AvgIpc) is 2.84. The maximum absolute atomic E-state index is 12.2. The van der Waals surface area contributed by atoms with E-state index in [9.17, 15) is 4.79 Å². The van der Waals surface area contributed by atoms with Gasteiger partial charge in [-0.1, -0.05) is 12.1 Å². The smallest absolute Gasteiger partial charge is 0.235 e. The van der Waals surface area contributed by atoms with Gasteiger partial charge in [-0.3, -0.25) is 4.79 Å². The number of carbonyl (C=O) groups excluding carboxylic acids is 1. The summed E-state index contributed by atoms with van der Waals surface area (Å²) in [5.74, 6) is 0.156. The van der Waals surface area contributed by atoms with Gasteiger partial charge in [0.15, 0.2) is 0 Å². The van der Waals surface area contributed by atoms with Crippen LogP contribution >= 0.6 is 11.8 Å². The van der Waals surface area contributed by atoms with Crippen LogP contribution in [0.2, 0.25) is 0 Å². The van der Waals surface area contributed by atoms with Crippen LogP contribution in [0.25, 0.3) is 5.69 Å². The van der Waals surface area contributed by atoms with E-state index in [-0.39, 0.29) is 11.2 Å². The van der Waals surface area contributed by atoms with E-state index in [1.54, 1.807) is 16.7 Å². The molecule has 0 bridgehead atoms. The Morgan fingerprint density at radius 3 is 2.68 bits per heavy atom. The monoisotopic (exact) mass is 317 g/mol. The topological polar surface area (TPSA) is 38.1 Å². The molecule has 5 heteroatoms. The summed E-state index contributed by atoms with van der Waals surface area (Å²) in [5, 5.41) is 4.50. The molecule has 0 radical (unpaired) electrons. The second kappa shape index (κ2) is 7.01. The lowest BCUT2D eigenvalue weighted by Crippen LogP contribution is -2.32. The molecular weight excluding hydrogens is 294 g/mol. The third kappa shape index (κ3) is 3.71. The highest BCUT2D eigenvalue weighted by Crippen LogP contribution is 2.16. The first kappa shape index (κ1) is 16.6. The van der Waals surface area contributed by atoms with Crippen LogP contribution in [0.1, 0.15) is 23.9 Å². The molecule has 1 atom stereocenters. The van der Waals surface area contributed by atoms with E-state index in [1.165, 1.54) is 0 Å². The molecular formula is C17H23N3OS. The number of hydrogen-bond acceptors (Lipinski definition) is 3. The van der Waals surface area contributed by atoms with Crippen molar-refractivity contribution >= 4 is 17.7 Å². The Labute approximate surface area is 136 Å². The van der Waals surface area contributed by atoms with Crippen molar-refractivity contribution in [3.05, 3.63) is 47.3 Å². The van der Waals surface area contributed by atoms with Gasteiger partial charge >= 0.3 is 0 Å². The van der Waals surface area contributed by atoms with Gasteiger partial charge in [0.2, 0.25) is 5.91 Å². The number of amides is 1. The predicted molar refractivity (Wildman–Crippen MR) is 92.5 cm³/mol. The molecule has 0 fully saturated rings. The summed E-state index contributed by atoms with van der Waals surface area (Å²) in [6.07, 6.45) is 1.96. The summed E-state index contributed by atoms with van der Waals surface area (Å²) in [5.41, 5.74) is 4.25. The number of hydrogen-bond donors (Lipinski definition) is 0. The van der Waals surface area contributed by atoms with Gasteiger partial charge in [-0.15, -0.1) is 0 Å². The van der Waals surface area contributed by atoms with Crippen molar-refractivity contribution in [2.45, 2.75) is 32.6 Å². The molecule has 2 aromatic rings. The van der Waals surface area contributed by atoms with Crippen LogP contribution in [0.15, 0.2) is 30.3 Å². The first-order valence-electron chi connectivity index (χ1n) is 7.32. The van der Waals surface area contributed by atoms with Crippen molar-refractivity contribution in [2.75, 3.05) is 13.3 Å². The molecule has 22 heavy (non-hydrogen) atoms. The number of aromatic nitrogens is 2. The van der Waals surface area contributed by atoms with Crippen molar-refractivity contribution in [1.29, 1.82) is 0 Å². The second-order valence-corrected chi connectivity index (χ2v) is 6.76. The number of carbonyl (C=O) groups is 1. The Bertz CT molecular complexity index is 666. The van der Waals surface area contributed by atoms with Crippen molar-refractivity contribution in [1.82, 2.24) is 14.7 Å². The van der Waals surface area contributed by atoms with E-state index in [2.05, 4.69) is 17.2 Å². The molecule has 118 valence electrons. The second-order valence-electron chi connectivity index (χ2n) is 5.58. The predicted octanol–water partition coefficient (Wildman–Crippen LogP) is 3.20. The highest BCUT2D eigenvalue weighted by Gasteiger charge is 2.16. The summed E-state index contributed by atoms with van der Waals surface area (Å²) in [6.45, 7) is 6.58. The molecule has 0 unspecified atom stereocenters. The van der Waals surface area contributed by atoms with Crippen LogP contribution in [0.3, 0.4) is 0 Å². The first-order chi connectivity index (χ1) is 10.4. The summed E-state index contributed by atoms with van der Waals surface area (Å²) < 4.78 is 1.94. The molecule has 0 N–H and O–H groups in total. The van der Waals surface area contributed by atoms with Gasteiger partial charge in [-0.2, -0.15) is 16.9 Å². The number of benzene rings is 1. The lowest BCUT2D eigenvalue weighted by Gasteiger charge is -2.20. The minimum absolute atomic E-state index is 0.0100. The standard InChI is InChI=1S/C17H23N3OS/c1-12-9-13(2)20(18-12)16-8-6-7-15(10-16)11-19(4)17(21)14(3)22-5/h6-10,14H,11H2,1-5H3/t14-/m1/s1. The van der Waals surface area contributed by atoms with E-state index >= 15 is 0 Å². The third-order valence-electron chi connectivity index (χ3n) is 3.66. The average molecular weight is 317 g/mol. The van der Waals surface area contributed by atoms with Gasteiger partial charge in [0.1, 0.15) is 0 Å². The Morgan fingerprint density at radius 1 is 1.36 bits per heavy atom. The summed E-state index contributed by atoms with van der Waals surface area (Å²) in [6, 6.07) is 10.2. The van der Waals surface area contributed by atoms with Gasteiger partial charge < -0.3 is 4.90 Å². The van der Waals surface area contributed by atoms with E-state index in [0.29, 0.717) is 6.54 Å². The van der Waals surface area contributed by atoms with Crippen LogP contribution in [-0.4, -0.2) is 39.1 Å². The molecule has 1 amide bonds. The van der Waals surface area contributed by atoms with Crippen LogP contribution in [0, 0.1) is 13.8 Å². The minimum Gasteiger partial charge on any atom is -0.340 e. The van der Waals surface area contributed by atoms with Gasteiger partial charge in [-0.25, -0.2) is 4.68 Å². The van der Waals surface area contributed by atoms with Crippen molar-refractivity contribution in [3.63, 3.8) is 0 Å². The zero-order valence-corrected chi connectivity index (χ0v) is 14.6. The van der Waals surface area contributed by atoms with Crippen LogP contribution < -0.4 is 0 Å². The molecule has 1 aromatic carbocycles. The normalized spacial score (nSPS) is 12.2. The van der Waals surface area contributed by atoms with E-state index in [1.807, 2.05) is 57.0 Å². The molecule has 1 heterocycles. The maximum atomic E-state index is 12.2. The van der Waals surface area contributed by atoms with E-state index < -0.39 is 0 Å². The van der Waals surface area contributed by atoms with Gasteiger partial charge in [0.05, 0.1) is 16.6 Å². The molecule has 0 spiro atoms.